The number of hydrogen-bond donors (Lipinski definition) is 1. The minimum absolute atomic E-state index is 0.0212. The molecule has 2 fully saturated rings. The number of halogens is 1. The molecule has 0 spiro atoms. The summed E-state index contributed by atoms with van der Waals surface area (Å²) < 4.78 is 18.6. The third-order valence-corrected chi connectivity index (χ3v) is 5.09. The van der Waals surface area contributed by atoms with E-state index in [0.717, 1.165) is 19.4 Å². The van der Waals surface area contributed by atoms with Crippen LogP contribution >= 0.6 is 0 Å². The molecule has 1 N–H and O–H groups in total. The number of amides is 2. The number of nitrogens with zero attached hydrogens (tertiary/aromatic N) is 3. The summed E-state index contributed by atoms with van der Waals surface area (Å²) in [5, 5.41) is 12.1. The average molecular weight is 368 g/mol. The van der Waals surface area contributed by atoms with Gasteiger partial charge in [-0.2, -0.15) is 5.26 Å². The van der Waals surface area contributed by atoms with E-state index in [-0.39, 0.29) is 43.8 Å². The third-order valence-electron chi connectivity index (χ3n) is 5.09. The summed E-state index contributed by atoms with van der Waals surface area (Å²) in [6.07, 6.45) is 1.10. The van der Waals surface area contributed by atoms with Crippen LogP contribution in [0.1, 0.15) is 39.5 Å². The van der Waals surface area contributed by atoms with E-state index in [1.54, 1.807) is 7.11 Å². The molecule has 1 unspecified atom stereocenters. The van der Waals surface area contributed by atoms with E-state index >= 15 is 0 Å². The second-order valence-electron chi connectivity index (χ2n) is 7.78. The maximum atomic E-state index is 13.5. The van der Waals surface area contributed by atoms with Gasteiger partial charge in [0.25, 0.3) is 0 Å². The Morgan fingerprint density at radius 3 is 2.73 bits per heavy atom. The van der Waals surface area contributed by atoms with Crippen LogP contribution in [0.25, 0.3) is 0 Å². The molecule has 0 aromatic carbocycles. The number of alkyl halides is 1. The van der Waals surface area contributed by atoms with Gasteiger partial charge in [0, 0.05) is 32.0 Å². The lowest BCUT2D eigenvalue weighted by Gasteiger charge is -2.31. The zero-order valence-electron chi connectivity index (χ0n) is 15.8. The normalized spacial score (nSPS) is 26.2. The summed E-state index contributed by atoms with van der Waals surface area (Å²) >= 11 is 0. The van der Waals surface area contributed by atoms with Gasteiger partial charge in [-0.15, -0.1) is 0 Å². The van der Waals surface area contributed by atoms with Crippen LogP contribution in [0.5, 0.6) is 0 Å². The highest BCUT2D eigenvalue weighted by Crippen LogP contribution is 2.22. The smallest absolute Gasteiger partial charge is 0.237 e. The quantitative estimate of drug-likeness (QED) is 0.720. The van der Waals surface area contributed by atoms with Gasteiger partial charge in [0.05, 0.1) is 31.8 Å². The van der Waals surface area contributed by atoms with Crippen LogP contribution in [0, 0.1) is 11.3 Å². The van der Waals surface area contributed by atoms with Crippen LogP contribution in [0.3, 0.4) is 0 Å². The standard InChI is InChI=1S/C18H29FN4O3/c1-18(2,8-16(24)22-6-4-5-14(22)12-26-3)21-10-17(25)23-11-13(19)7-15(23)9-20/h13-15,21H,4-8,10-12H2,1-3H3/t13-,14?,15-/m0/s1. The van der Waals surface area contributed by atoms with E-state index in [2.05, 4.69) is 5.32 Å². The molecule has 7 nitrogen and oxygen atoms in total. The van der Waals surface area contributed by atoms with E-state index in [9.17, 15) is 14.0 Å². The summed E-state index contributed by atoms with van der Waals surface area (Å²) in [4.78, 5) is 28.1. The van der Waals surface area contributed by atoms with Crippen molar-refractivity contribution in [3.63, 3.8) is 0 Å². The van der Waals surface area contributed by atoms with Crippen molar-refractivity contribution in [3.05, 3.63) is 0 Å². The first-order chi connectivity index (χ1) is 12.3. The molecule has 0 bridgehead atoms. The number of nitrogens with one attached hydrogen (secondary N) is 1. The van der Waals surface area contributed by atoms with E-state index in [0.29, 0.717) is 6.61 Å². The number of nitriles is 1. The molecule has 0 aliphatic carbocycles. The highest BCUT2D eigenvalue weighted by atomic mass is 19.1. The second-order valence-corrected chi connectivity index (χ2v) is 7.78. The largest absolute Gasteiger partial charge is 0.383 e. The second kappa shape index (κ2) is 8.78. The van der Waals surface area contributed by atoms with Gasteiger partial charge in [0.15, 0.2) is 0 Å². The number of carbonyl (C=O) groups is 2. The SMILES string of the molecule is COCC1CCCN1C(=O)CC(C)(C)NCC(=O)N1C[C@@H](F)C[C@H]1C#N. The van der Waals surface area contributed by atoms with Crippen LogP contribution in [-0.2, 0) is 14.3 Å². The average Bonchev–Trinajstić information content (AvgIpc) is 3.19. The van der Waals surface area contributed by atoms with Gasteiger partial charge in [0.1, 0.15) is 12.2 Å². The lowest BCUT2D eigenvalue weighted by atomic mass is 9.99. The molecular weight excluding hydrogens is 339 g/mol. The Labute approximate surface area is 154 Å². The van der Waals surface area contributed by atoms with Gasteiger partial charge in [-0.25, -0.2) is 4.39 Å². The molecule has 2 aliphatic heterocycles. The van der Waals surface area contributed by atoms with Crippen molar-refractivity contribution in [3.8, 4) is 6.07 Å². The Morgan fingerprint density at radius 1 is 1.35 bits per heavy atom. The fraction of sp³-hybridized carbons (Fsp3) is 0.833. The Balaban J connectivity index is 1.85. The molecule has 26 heavy (non-hydrogen) atoms. The van der Waals surface area contributed by atoms with Crippen molar-refractivity contribution in [1.29, 1.82) is 5.26 Å². The molecule has 146 valence electrons. The van der Waals surface area contributed by atoms with E-state index in [4.69, 9.17) is 10.00 Å². The first-order valence-electron chi connectivity index (χ1n) is 9.14. The number of ether oxygens (including phenoxy) is 1. The van der Waals surface area contributed by atoms with Crippen molar-refractivity contribution in [2.24, 2.45) is 0 Å². The number of likely N-dealkylation sites (tertiary alicyclic amines) is 2. The molecule has 0 aromatic heterocycles. The molecule has 2 rings (SSSR count). The molecule has 2 aliphatic rings. The van der Waals surface area contributed by atoms with Crippen LogP contribution in [0.4, 0.5) is 4.39 Å². The highest BCUT2D eigenvalue weighted by Gasteiger charge is 2.36. The number of methoxy groups -OCH3 is 1. The topological polar surface area (TPSA) is 85.7 Å². The molecule has 0 aromatic rings. The minimum atomic E-state index is -1.15. The van der Waals surface area contributed by atoms with Gasteiger partial charge in [-0.05, 0) is 26.7 Å². The molecule has 8 heteroatoms. The molecule has 3 atom stereocenters. The predicted molar refractivity (Wildman–Crippen MR) is 93.9 cm³/mol. The maximum Gasteiger partial charge on any atom is 0.237 e. The van der Waals surface area contributed by atoms with Crippen molar-refractivity contribution in [1.82, 2.24) is 15.1 Å². The van der Waals surface area contributed by atoms with Crippen LogP contribution in [0.15, 0.2) is 0 Å². The Bertz CT molecular complexity index is 563. The maximum absolute atomic E-state index is 13.5. The molecule has 2 saturated heterocycles. The summed E-state index contributed by atoms with van der Waals surface area (Å²) in [7, 11) is 1.63. The van der Waals surface area contributed by atoms with Gasteiger partial charge in [-0.1, -0.05) is 0 Å². The molecule has 0 radical (unpaired) electrons. The van der Waals surface area contributed by atoms with Crippen LogP contribution < -0.4 is 5.32 Å². The van der Waals surface area contributed by atoms with Gasteiger partial charge in [-0.3, -0.25) is 9.59 Å². The van der Waals surface area contributed by atoms with Crippen LogP contribution in [-0.4, -0.2) is 78.8 Å². The lowest BCUT2D eigenvalue weighted by Crippen LogP contribution is -2.50. The zero-order chi connectivity index (χ0) is 19.3. The zero-order valence-corrected chi connectivity index (χ0v) is 15.8. The molecule has 2 amide bonds. The first kappa shape index (κ1) is 20.6. The lowest BCUT2D eigenvalue weighted by molar-refractivity contribution is -0.135. The van der Waals surface area contributed by atoms with Crippen molar-refractivity contribution >= 4 is 11.8 Å². The Morgan fingerprint density at radius 2 is 2.08 bits per heavy atom. The van der Waals surface area contributed by atoms with E-state index in [1.165, 1.54) is 4.90 Å². The summed E-state index contributed by atoms with van der Waals surface area (Å²) in [5.74, 6) is -0.273. The van der Waals surface area contributed by atoms with Gasteiger partial charge < -0.3 is 19.9 Å². The molecule has 2 heterocycles. The Kier molecular flexibility index (Phi) is 6.95. The predicted octanol–water partition coefficient (Wildman–Crippen LogP) is 0.845. The van der Waals surface area contributed by atoms with Gasteiger partial charge in [0.2, 0.25) is 11.8 Å². The Hall–Kier alpha value is -1.72. The number of hydrogen-bond acceptors (Lipinski definition) is 5. The highest BCUT2D eigenvalue weighted by molar-refractivity contribution is 5.80. The van der Waals surface area contributed by atoms with Crippen molar-refractivity contribution in [2.45, 2.75) is 63.3 Å². The number of rotatable bonds is 7. The fourth-order valence-electron chi connectivity index (χ4n) is 3.67. The number of carbonyl (C=O) groups excluding carboxylic acids is 2. The van der Waals surface area contributed by atoms with Crippen LogP contribution in [0.2, 0.25) is 0 Å². The molecular formula is C18H29FN4O3. The minimum Gasteiger partial charge on any atom is -0.383 e. The van der Waals surface area contributed by atoms with Crippen molar-refractivity contribution in [2.75, 3.05) is 33.4 Å². The van der Waals surface area contributed by atoms with Crippen molar-refractivity contribution < 1.29 is 18.7 Å². The summed E-state index contributed by atoms with van der Waals surface area (Å²) in [6, 6.07) is 1.39. The monoisotopic (exact) mass is 368 g/mol. The fourth-order valence-corrected chi connectivity index (χ4v) is 3.67. The third kappa shape index (κ3) is 5.15. The summed E-state index contributed by atoms with van der Waals surface area (Å²) in [6.45, 7) is 4.94. The molecule has 0 saturated carbocycles. The van der Waals surface area contributed by atoms with E-state index in [1.807, 2.05) is 24.8 Å². The van der Waals surface area contributed by atoms with Gasteiger partial charge >= 0.3 is 0 Å². The van der Waals surface area contributed by atoms with E-state index < -0.39 is 17.8 Å². The first-order valence-corrected chi connectivity index (χ1v) is 9.14. The summed E-state index contributed by atoms with van der Waals surface area (Å²) in [5.41, 5.74) is -0.579.